The van der Waals surface area contributed by atoms with Crippen LogP contribution in [0.2, 0.25) is 0 Å². The van der Waals surface area contributed by atoms with Crippen molar-refractivity contribution in [2.75, 3.05) is 6.61 Å². The Kier molecular flexibility index (Phi) is 6.63. The monoisotopic (exact) mass is 407 g/mol. The lowest BCUT2D eigenvalue weighted by Crippen LogP contribution is -2.45. The van der Waals surface area contributed by atoms with Crippen LogP contribution < -0.4 is 15.9 Å². The maximum absolute atomic E-state index is 14.6. The lowest BCUT2D eigenvalue weighted by atomic mass is 10.1. The van der Waals surface area contributed by atoms with Crippen LogP contribution in [0, 0.1) is 0 Å². The van der Waals surface area contributed by atoms with Crippen molar-refractivity contribution in [3.8, 4) is 0 Å². The zero-order chi connectivity index (χ0) is 20.7. The van der Waals surface area contributed by atoms with Crippen molar-refractivity contribution in [2.45, 2.75) is 12.7 Å². The van der Waals surface area contributed by atoms with Crippen LogP contribution in [-0.4, -0.2) is 24.3 Å². The van der Waals surface area contributed by atoms with Crippen molar-refractivity contribution >= 4 is 29.6 Å². The summed E-state index contributed by atoms with van der Waals surface area (Å²) in [4.78, 5) is 25.7. The topological polar surface area (TPSA) is 72.5 Å². The lowest BCUT2D eigenvalue weighted by Gasteiger charge is -2.28. The molecule has 0 aromatic heterocycles. The van der Waals surface area contributed by atoms with Gasteiger partial charge in [-0.15, -0.1) is 0 Å². The Balaban J connectivity index is 2.19. The predicted molar refractivity (Wildman–Crippen MR) is 114 cm³/mol. The van der Waals surface area contributed by atoms with E-state index in [1.54, 1.807) is 85.8 Å². The first-order valence-electron chi connectivity index (χ1n) is 9.31. The van der Waals surface area contributed by atoms with Crippen LogP contribution in [0.4, 0.5) is 4.79 Å². The van der Waals surface area contributed by atoms with Gasteiger partial charge >= 0.3 is 6.09 Å². The molecule has 3 rings (SSSR count). The molecule has 3 aromatic rings. The highest BCUT2D eigenvalue weighted by Crippen LogP contribution is 2.48. The van der Waals surface area contributed by atoms with E-state index in [0.717, 1.165) is 0 Å². The first-order valence-corrected chi connectivity index (χ1v) is 11.1. The number of ketones is 1. The first-order chi connectivity index (χ1) is 14.1. The fourth-order valence-corrected chi connectivity index (χ4v) is 6.00. The van der Waals surface area contributed by atoms with Crippen molar-refractivity contribution in [3.63, 3.8) is 0 Å². The summed E-state index contributed by atoms with van der Waals surface area (Å²) in [5.41, 5.74) is 0.362. The Labute approximate surface area is 170 Å². The molecule has 5 nitrogen and oxygen atoms in total. The largest absolute Gasteiger partial charge is 0.450 e. The number of carbonyl (C=O) groups is 2. The average Bonchev–Trinajstić information content (AvgIpc) is 2.78. The van der Waals surface area contributed by atoms with Crippen molar-refractivity contribution in [2.24, 2.45) is 0 Å². The van der Waals surface area contributed by atoms with Gasteiger partial charge in [-0.05, 0) is 6.92 Å². The van der Waals surface area contributed by atoms with E-state index >= 15 is 0 Å². The van der Waals surface area contributed by atoms with Gasteiger partial charge in [-0.25, -0.2) is 4.79 Å². The summed E-state index contributed by atoms with van der Waals surface area (Å²) >= 11 is 0. The average molecular weight is 407 g/mol. The summed E-state index contributed by atoms with van der Waals surface area (Å²) in [5.74, 6) is -1.73. The van der Waals surface area contributed by atoms with Crippen molar-refractivity contribution in [3.05, 3.63) is 96.6 Å². The molecule has 1 N–H and O–H groups in total. The summed E-state index contributed by atoms with van der Waals surface area (Å²) in [6.45, 7) is 1.81. The van der Waals surface area contributed by atoms with Gasteiger partial charge in [0, 0.05) is 16.2 Å². The van der Waals surface area contributed by atoms with Gasteiger partial charge in [0.2, 0.25) is 0 Å². The van der Waals surface area contributed by atoms with E-state index in [-0.39, 0.29) is 6.61 Å². The molecule has 0 radical (unpaired) electrons. The zero-order valence-corrected chi connectivity index (χ0v) is 16.9. The number of nitrogens with one attached hydrogen (secondary N) is 1. The van der Waals surface area contributed by atoms with Gasteiger partial charge in [-0.2, -0.15) is 0 Å². The van der Waals surface area contributed by atoms with Crippen LogP contribution in [0.25, 0.3) is 0 Å². The number of benzene rings is 3. The zero-order valence-electron chi connectivity index (χ0n) is 16.0. The molecule has 0 spiro atoms. The first kappa shape index (κ1) is 20.6. The van der Waals surface area contributed by atoms with E-state index < -0.39 is 24.8 Å². The highest BCUT2D eigenvalue weighted by molar-refractivity contribution is 7.80. The van der Waals surface area contributed by atoms with Gasteiger partial charge in [0.25, 0.3) is 0 Å². The smallest absolute Gasteiger partial charge is 0.408 e. The van der Waals surface area contributed by atoms with Gasteiger partial charge in [-0.1, -0.05) is 91.0 Å². The summed E-state index contributed by atoms with van der Waals surface area (Å²) in [7, 11) is -3.59. The van der Waals surface area contributed by atoms with Gasteiger partial charge in [0.1, 0.15) is 0 Å². The predicted octanol–water partition coefficient (Wildman–Crippen LogP) is 3.96. The third-order valence-corrected chi connectivity index (χ3v) is 7.70. The molecule has 0 saturated carbocycles. The second-order valence-electron chi connectivity index (χ2n) is 6.33. The molecule has 0 aliphatic heterocycles. The molecule has 0 aliphatic carbocycles. The molecule has 3 aromatic carbocycles. The molecule has 29 heavy (non-hydrogen) atoms. The minimum Gasteiger partial charge on any atom is -0.450 e. The molecule has 0 fully saturated rings. The van der Waals surface area contributed by atoms with Crippen LogP contribution in [0.3, 0.4) is 0 Å². The van der Waals surface area contributed by atoms with Gasteiger partial charge < -0.3 is 14.6 Å². The number of ether oxygens (including phenoxy) is 1. The van der Waals surface area contributed by atoms with E-state index in [4.69, 9.17) is 4.74 Å². The van der Waals surface area contributed by atoms with E-state index in [1.165, 1.54) is 0 Å². The fourth-order valence-electron chi connectivity index (χ4n) is 3.11. The SMILES string of the molecule is CCOC(=O)N[C@@H](C(=O)c1ccccc1)P(=O)(c1ccccc1)c1ccccc1. The second-order valence-corrected chi connectivity index (χ2v) is 9.19. The molecular formula is C23H22NO4P. The van der Waals surface area contributed by atoms with Crippen LogP contribution in [-0.2, 0) is 9.30 Å². The molecule has 6 heteroatoms. The number of hydrogen-bond acceptors (Lipinski definition) is 4. The number of rotatable bonds is 7. The Morgan fingerprint density at radius 3 is 1.72 bits per heavy atom. The summed E-state index contributed by atoms with van der Waals surface area (Å²) in [6, 6.07) is 26.1. The molecule has 0 saturated heterocycles. The minimum absolute atomic E-state index is 0.138. The summed E-state index contributed by atoms with van der Waals surface area (Å²) in [6.07, 6.45) is -0.783. The molecule has 0 bridgehead atoms. The number of amides is 1. The van der Waals surface area contributed by atoms with Crippen molar-refractivity contribution in [1.82, 2.24) is 5.32 Å². The number of Topliss-reactive ketones (excluding diaryl/α,β-unsaturated/α-hetero) is 1. The Bertz CT molecular complexity index is 963. The molecular weight excluding hydrogens is 385 g/mol. The Hall–Kier alpha value is -3.17. The van der Waals surface area contributed by atoms with E-state index in [9.17, 15) is 14.2 Å². The van der Waals surface area contributed by atoms with Gasteiger partial charge in [0.05, 0.1) is 6.61 Å². The third-order valence-electron chi connectivity index (χ3n) is 4.48. The van der Waals surface area contributed by atoms with E-state index in [2.05, 4.69) is 5.32 Å². The second kappa shape index (κ2) is 9.35. The van der Waals surface area contributed by atoms with Gasteiger partial charge in [-0.3, -0.25) is 4.79 Å². The highest BCUT2D eigenvalue weighted by atomic mass is 31.2. The normalized spacial score (nSPS) is 12.0. The van der Waals surface area contributed by atoms with Crippen LogP contribution in [0.1, 0.15) is 17.3 Å². The Morgan fingerprint density at radius 2 is 1.28 bits per heavy atom. The van der Waals surface area contributed by atoms with Crippen LogP contribution in [0.15, 0.2) is 91.0 Å². The van der Waals surface area contributed by atoms with Crippen LogP contribution in [0.5, 0.6) is 0 Å². The van der Waals surface area contributed by atoms with E-state index in [1.807, 2.05) is 12.1 Å². The molecule has 1 amide bonds. The number of alkyl carbamates (subject to hydrolysis) is 1. The van der Waals surface area contributed by atoms with Crippen LogP contribution >= 0.6 is 7.14 Å². The molecule has 148 valence electrons. The summed E-state index contributed by atoms with van der Waals surface area (Å²) in [5, 5.41) is 3.55. The molecule has 0 aliphatic rings. The van der Waals surface area contributed by atoms with E-state index in [0.29, 0.717) is 16.2 Å². The Morgan fingerprint density at radius 1 is 0.828 bits per heavy atom. The van der Waals surface area contributed by atoms with Gasteiger partial charge in [0.15, 0.2) is 18.7 Å². The molecule has 0 unspecified atom stereocenters. The molecule has 0 heterocycles. The van der Waals surface area contributed by atoms with Crippen molar-refractivity contribution < 1.29 is 18.9 Å². The quantitative estimate of drug-likeness (QED) is 0.475. The minimum atomic E-state index is -3.59. The number of hydrogen-bond donors (Lipinski definition) is 1. The standard InChI is InChI=1S/C23H22NO4P/c1-2-28-23(26)24-22(21(25)18-12-6-3-7-13-18)29(27,19-14-8-4-9-15-19)20-16-10-5-11-17-20/h3-17,22H,2H2,1H3,(H,24,26)/t22-/m1/s1. The maximum atomic E-state index is 14.6. The fraction of sp³-hybridized carbons (Fsp3) is 0.130. The highest BCUT2D eigenvalue weighted by Gasteiger charge is 2.43. The van der Waals surface area contributed by atoms with Crippen molar-refractivity contribution in [1.29, 1.82) is 0 Å². The maximum Gasteiger partial charge on any atom is 0.408 e. The summed E-state index contributed by atoms with van der Waals surface area (Å²) < 4.78 is 19.6. The molecule has 1 atom stereocenters. The number of carbonyl (C=O) groups excluding carboxylic acids is 2. The third kappa shape index (κ3) is 4.47. The lowest BCUT2D eigenvalue weighted by molar-refractivity contribution is 0.0960.